The quantitative estimate of drug-likeness (QED) is 0.315. The second-order valence-electron chi connectivity index (χ2n) is 6.52. The third-order valence-electron chi connectivity index (χ3n) is 4.47. The van der Waals surface area contributed by atoms with Crippen LogP contribution in [0.1, 0.15) is 10.4 Å². The van der Waals surface area contributed by atoms with Gasteiger partial charge in [0.1, 0.15) is 5.75 Å². The van der Waals surface area contributed by atoms with Crippen LogP contribution in [0.2, 0.25) is 0 Å². The molecular weight excluding hydrogens is 470 g/mol. The van der Waals surface area contributed by atoms with Crippen molar-refractivity contribution >= 4 is 61.8 Å². The van der Waals surface area contributed by atoms with Crippen molar-refractivity contribution in [2.24, 2.45) is 0 Å². The molecule has 4 rings (SSSR count). The van der Waals surface area contributed by atoms with E-state index in [-0.39, 0.29) is 30.7 Å². The van der Waals surface area contributed by atoms with Crippen molar-refractivity contribution < 1.29 is 23.9 Å². The fraction of sp³-hybridized carbons (Fsp3) is 0.136. The lowest BCUT2D eigenvalue weighted by atomic mass is 10.1. The summed E-state index contributed by atoms with van der Waals surface area (Å²) >= 11 is 4.93. The molecule has 1 aliphatic heterocycles. The minimum absolute atomic E-state index is 0.0527. The Morgan fingerprint density at radius 2 is 1.97 bits per heavy atom. The Morgan fingerprint density at radius 1 is 1.13 bits per heavy atom. The highest BCUT2D eigenvalue weighted by molar-refractivity contribution is 9.10. The maximum absolute atomic E-state index is 12.3. The minimum atomic E-state index is -0.483. The normalized spacial score (nSPS) is 12.6. The largest absolute Gasteiger partial charge is 0.482 e. The number of esters is 1. The number of halogens is 1. The first kappa shape index (κ1) is 20.4. The molecule has 3 aromatic carbocycles. The highest BCUT2D eigenvalue weighted by Crippen LogP contribution is 2.34. The molecule has 6 nitrogen and oxygen atoms in total. The number of fused-ring (bicyclic) bond motifs is 2. The molecule has 0 saturated heterocycles. The van der Waals surface area contributed by atoms with Gasteiger partial charge < -0.3 is 14.8 Å². The first-order valence-electron chi connectivity index (χ1n) is 9.07. The number of thioether (sulfide) groups is 1. The topological polar surface area (TPSA) is 81.7 Å². The standard InChI is InChI=1S/C22H16BrNO5S/c23-22-15-4-2-1-3-13(15)6-8-19(22)30-12-21(27)29-10-17(25)14-5-7-18-16(9-14)24-20(26)11-28-18/h1-9H,10-12H2,(H,24,26). The highest BCUT2D eigenvalue weighted by atomic mass is 79.9. The maximum Gasteiger partial charge on any atom is 0.316 e. The van der Waals surface area contributed by atoms with Gasteiger partial charge in [-0.3, -0.25) is 14.4 Å². The van der Waals surface area contributed by atoms with Gasteiger partial charge in [0.15, 0.2) is 19.0 Å². The summed E-state index contributed by atoms with van der Waals surface area (Å²) < 4.78 is 11.3. The van der Waals surface area contributed by atoms with Gasteiger partial charge in [-0.1, -0.05) is 30.3 Å². The summed E-state index contributed by atoms with van der Waals surface area (Å²) in [5, 5.41) is 4.81. The molecule has 0 atom stereocenters. The van der Waals surface area contributed by atoms with Crippen LogP contribution < -0.4 is 10.1 Å². The van der Waals surface area contributed by atoms with Crippen LogP contribution in [-0.4, -0.2) is 36.6 Å². The SMILES string of the molecule is O=C1COc2ccc(C(=O)COC(=O)CSc3ccc4ccccc4c3Br)cc2N1. The summed E-state index contributed by atoms with van der Waals surface area (Å²) in [6.07, 6.45) is 0. The smallest absolute Gasteiger partial charge is 0.316 e. The third-order valence-corrected chi connectivity index (χ3v) is 6.62. The lowest BCUT2D eigenvalue weighted by molar-refractivity contribution is -0.139. The lowest BCUT2D eigenvalue weighted by Crippen LogP contribution is -2.25. The second kappa shape index (κ2) is 8.89. The summed E-state index contributed by atoms with van der Waals surface area (Å²) in [4.78, 5) is 36.8. The zero-order chi connectivity index (χ0) is 21.1. The molecule has 0 aromatic heterocycles. The predicted molar refractivity (Wildman–Crippen MR) is 118 cm³/mol. The summed E-state index contributed by atoms with van der Waals surface area (Å²) in [5.41, 5.74) is 0.761. The number of ether oxygens (including phenoxy) is 2. The first-order valence-corrected chi connectivity index (χ1v) is 10.8. The van der Waals surface area contributed by atoms with Gasteiger partial charge in [-0.05, 0) is 51.0 Å². The van der Waals surface area contributed by atoms with Crippen molar-refractivity contribution in [1.82, 2.24) is 0 Å². The van der Waals surface area contributed by atoms with E-state index in [0.717, 1.165) is 20.1 Å². The molecule has 0 unspecified atom stereocenters. The molecule has 3 aromatic rings. The van der Waals surface area contributed by atoms with Gasteiger partial charge in [0.2, 0.25) is 0 Å². The van der Waals surface area contributed by atoms with Crippen LogP contribution in [0.15, 0.2) is 64.0 Å². The number of benzene rings is 3. The third kappa shape index (κ3) is 4.49. The van der Waals surface area contributed by atoms with Gasteiger partial charge in [-0.25, -0.2) is 0 Å². The number of carbonyl (C=O) groups is 3. The lowest BCUT2D eigenvalue weighted by Gasteiger charge is -2.18. The number of carbonyl (C=O) groups excluding carboxylic acids is 3. The van der Waals surface area contributed by atoms with E-state index >= 15 is 0 Å². The van der Waals surface area contributed by atoms with Crippen molar-refractivity contribution in [3.05, 3.63) is 64.6 Å². The van der Waals surface area contributed by atoms with Gasteiger partial charge >= 0.3 is 5.97 Å². The molecule has 30 heavy (non-hydrogen) atoms. The van der Waals surface area contributed by atoms with Crippen LogP contribution in [0, 0.1) is 0 Å². The molecule has 0 spiro atoms. The molecule has 1 heterocycles. The van der Waals surface area contributed by atoms with E-state index in [9.17, 15) is 14.4 Å². The molecule has 0 aliphatic carbocycles. The predicted octanol–water partition coefficient (Wildman–Crippen LogP) is 4.45. The van der Waals surface area contributed by atoms with Crippen LogP contribution in [0.25, 0.3) is 10.8 Å². The van der Waals surface area contributed by atoms with E-state index in [1.165, 1.54) is 17.8 Å². The molecule has 1 amide bonds. The average molecular weight is 486 g/mol. The summed E-state index contributed by atoms with van der Waals surface area (Å²) in [5.74, 6) is -0.542. The van der Waals surface area contributed by atoms with E-state index in [1.807, 2.05) is 36.4 Å². The number of Topliss-reactive ketones (excluding diaryl/α,β-unsaturated/α-hetero) is 1. The van der Waals surface area contributed by atoms with Crippen LogP contribution in [0.5, 0.6) is 5.75 Å². The van der Waals surface area contributed by atoms with Crippen LogP contribution in [0.3, 0.4) is 0 Å². The minimum Gasteiger partial charge on any atom is -0.482 e. The van der Waals surface area contributed by atoms with Crippen molar-refractivity contribution in [3.8, 4) is 5.75 Å². The molecule has 152 valence electrons. The number of nitrogens with one attached hydrogen (secondary N) is 1. The molecule has 0 bridgehead atoms. The van der Waals surface area contributed by atoms with Gasteiger partial charge in [0.05, 0.1) is 11.4 Å². The maximum atomic E-state index is 12.3. The Labute approximate surface area is 185 Å². The molecule has 0 fully saturated rings. The van der Waals surface area contributed by atoms with E-state index in [0.29, 0.717) is 17.0 Å². The zero-order valence-electron chi connectivity index (χ0n) is 15.6. The Balaban J connectivity index is 1.33. The highest BCUT2D eigenvalue weighted by Gasteiger charge is 2.18. The van der Waals surface area contributed by atoms with E-state index in [2.05, 4.69) is 21.2 Å². The monoisotopic (exact) mass is 485 g/mol. The molecule has 8 heteroatoms. The Bertz CT molecular complexity index is 1160. The van der Waals surface area contributed by atoms with E-state index < -0.39 is 5.97 Å². The van der Waals surface area contributed by atoms with Crippen LogP contribution in [-0.2, 0) is 14.3 Å². The molecule has 0 saturated carbocycles. The zero-order valence-corrected chi connectivity index (χ0v) is 18.0. The number of ketones is 1. The van der Waals surface area contributed by atoms with E-state index in [4.69, 9.17) is 9.47 Å². The molecule has 0 radical (unpaired) electrons. The molecule has 1 N–H and O–H groups in total. The number of hydrogen-bond donors (Lipinski definition) is 1. The number of anilines is 1. The van der Waals surface area contributed by atoms with Gasteiger partial charge in [-0.15, -0.1) is 11.8 Å². The fourth-order valence-corrected chi connectivity index (χ4v) is 4.58. The van der Waals surface area contributed by atoms with Crippen molar-refractivity contribution in [2.45, 2.75) is 4.90 Å². The fourth-order valence-electron chi connectivity index (χ4n) is 2.99. The molecule has 1 aliphatic rings. The first-order chi connectivity index (χ1) is 14.5. The Hall–Kier alpha value is -2.84. The van der Waals surface area contributed by atoms with Crippen LogP contribution >= 0.6 is 27.7 Å². The molecular formula is C22H16BrNO5S. The van der Waals surface area contributed by atoms with Gasteiger partial charge in [-0.2, -0.15) is 0 Å². The number of amides is 1. The van der Waals surface area contributed by atoms with Gasteiger partial charge in [0.25, 0.3) is 5.91 Å². The average Bonchev–Trinajstić information content (AvgIpc) is 2.76. The van der Waals surface area contributed by atoms with Crippen molar-refractivity contribution in [3.63, 3.8) is 0 Å². The Morgan fingerprint density at radius 3 is 2.83 bits per heavy atom. The Kier molecular flexibility index (Phi) is 6.06. The number of rotatable bonds is 6. The van der Waals surface area contributed by atoms with Crippen molar-refractivity contribution in [2.75, 3.05) is 24.3 Å². The summed E-state index contributed by atoms with van der Waals surface area (Å²) in [7, 11) is 0. The number of hydrogen-bond acceptors (Lipinski definition) is 6. The summed E-state index contributed by atoms with van der Waals surface area (Å²) in [6, 6.07) is 16.6. The summed E-state index contributed by atoms with van der Waals surface area (Å²) in [6.45, 7) is -0.422. The van der Waals surface area contributed by atoms with Crippen LogP contribution in [0.4, 0.5) is 5.69 Å². The second-order valence-corrected chi connectivity index (χ2v) is 8.33. The van der Waals surface area contributed by atoms with Crippen molar-refractivity contribution in [1.29, 1.82) is 0 Å². The van der Waals surface area contributed by atoms with E-state index in [1.54, 1.807) is 12.1 Å². The van der Waals surface area contributed by atoms with Gasteiger partial charge in [0, 0.05) is 14.9 Å².